The van der Waals surface area contributed by atoms with Gasteiger partial charge in [0, 0.05) is 60.2 Å². The molecule has 6 nitrogen and oxygen atoms in total. The van der Waals surface area contributed by atoms with Crippen molar-refractivity contribution in [1.29, 1.82) is 0 Å². The molecule has 0 aliphatic heterocycles. The van der Waals surface area contributed by atoms with E-state index in [2.05, 4.69) is 15.0 Å². The van der Waals surface area contributed by atoms with Gasteiger partial charge in [-0.2, -0.15) is 4.57 Å². The van der Waals surface area contributed by atoms with Crippen LogP contribution in [0.4, 0.5) is 0 Å². The van der Waals surface area contributed by atoms with E-state index < -0.39 is 50.7 Å². The Morgan fingerprint density at radius 3 is 1.63 bits per heavy atom. The minimum atomic E-state index is -2.93. The Labute approximate surface area is 434 Å². The number of benzene rings is 7. The van der Waals surface area contributed by atoms with Gasteiger partial charge in [-0.25, -0.2) is 9.97 Å². The highest BCUT2D eigenvalue weighted by Crippen LogP contribution is 2.38. The van der Waals surface area contributed by atoms with Gasteiger partial charge in [-0.3, -0.25) is 14.4 Å². The Hall–Kier alpha value is -8.87. The van der Waals surface area contributed by atoms with Crippen molar-refractivity contribution < 1.29 is 23.8 Å². The molecule has 0 unspecified atom stereocenters. The van der Waals surface area contributed by atoms with Crippen LogP contribution in [0.5, 0.6) is 0 Å². The van der Waals surface area contributed by atoms with Gasteiger partial charge in [0.15, 0.2) is 6.20 Å². The van der Waals surface area contributed by atoms with Crippen molar-refractivity contribution in [3.8, 4) is 61.6 Å². The number of aromatic nitrogens is 6. The minimum absolute atomic E-state index is 0.00221. The molecule has 12 rings (SSSR count). The van der Waals surface area contributed by atoms with Crippen molar-refractivity contribution in [2.75, 3.05) is 0 Å². The van der Waals surface area contributed by atoms with Crippen LogP contribution in [0.3, 0.4) is 0 Å². The van der Waals surface area contributed by atoms with E-state index in [0.29, 0.717) is 61.3 Å². The maximum Gasteiger partial charge on any atom is 0.263 e. The monoisotopic (exact) mass is 930 g/mol. The lowest BCUT2D eigenvalue weighted by molar-refractivity contribution is -0.566. The largest absolute Gasteiger partial charge is 0.290 e. The molecule has 0 fully saturated rings. The molecule has 0 spiro atoms. The summed E-state index contributed by atoms with van der Waals surface area (Å²) < 4.78 is 133. The smallest absolute Gasteiger partial charge is 0.263 e. The van der Waals surface area contributed by atoms with Gasteiger partial charge in [0.2, 0.25) is 5.69 Å². The fourth-order valence-corrected chi connectivity index (χ4v) is 9.18. The Kier molecular flexibility index (Phi) is 8.14. The van der Waals surface area contributed by atoms with Crippen LogP contribution >= 0.6 is 0 Å². The lowest BCUT2D eigenvalue weighted by Crippen LogP contribution is -2.32. The van der Waals surface area contributed by atoms with E-state index in [1.165, 1.54) is 46.9 Å². The van der Waals surface area contributed by atoms with E-state index in [0.717, 1.165) is 11.1 Å². The predicted octanol–water partition coefficient (Wildman–Crippen LogP) is 14.6. The number of imidazole rings is 1. The Morgan fingerprint density at radius 2 is 1.03 bits per heavy atom. The Morgan fingerprint density at radius 1 is 0.465 bits per heavy atom. The Balaban J connectivity index is 1.05. The highest BCUT2D eigenvalue weighted by Gasteiger charge is 2.25. The first-order valence-electron chi connectivity index (χ1n) is 30.1. The van der Waals surface area contributed by atoms with Crippen molar-refractivity contribution >= 4 is 27.5 Å². The third kappa shape index (κ3) is 8.66. The van der Waals surface area contributed by atoms with Gasteiger partial charge >= 0.3 is 0 Å². The average molecular weight is 930 g/mol. The van der Waals surface area contributed by atoms with E-state index in [9.17, 15) is 11.0 Å². The number of pyridine rings is 3. The summed E-state index contributed by atoms with van der Waals surface area (Å²) in [5.74, 6) is -0.496. The lowest BCUT2D eigenvalue weighted by Gasteiger charge is -2.16. The summed E-state index contributed by atoms with van der Waals surface area (Å²) in [6.07, 6.45) is -4.78. The summed E-state index contributed by atoms with van der Waals surface area (Å²) in [6, 6.07) is 57.2. The van der Waals surface area contributed by atoms with Crippen molar-refractivity contribution in [2.24, 2.45) is 0 Å². The first-order valence-corrected chi connectivity index (χ1v) is 23.1. The van der Waals surface area contributed by atoms with Gasteiger partial charge in [-0.1, -0.05) is 140 Å². The third-order valence-electron chi connectivity index (χ3n) is 12.6. The summed E-state index contributed by atoms with van der Waals surface area (Å²) in [5.41, 5.74) is 6.62. The minimum Gasteiger partial charge on any atom is -0.290 e. The van der Waals surface area contributed by atoms with Crippen molar-refractivity contribution in [2.45, 2.75) is 39.2 Å². The van der Waals surface area contributed by atoms with Crippen molar-refractivity contribution in [1.82, 2.24) is 24.3 Å². The number of aryl methyl sites for hydroxylation is 6. The molecule has 0 atom stereocenters. The van der Waals surface area contributed by atoms with Crippen LogP contribution < -0.4 is 4.57 Å². The molecule has 12 aromatic rings. The molecule has 0 bridgehead atoms. The average Bonchev–Trinajstić information content (AvgIpc) is 1.70. The molecule has 0 N–H and O–H groups in total. The molecule has 5 heterocycles. The third-order valence-corrected chi connectivity index (χ3v) is 12.6. The summed E-state index contributed by atoms with van der Waals surface area (Å²) in [4.78, 5) is 18.1. The number of rotatable bonds is 12. The van der Waals surface area contributed by atoms with E-state index in [1.807, 2.05) is 66.7 Å². The van der Waals surface area contributed by atoms with Crippen LogP contribution in [0.15, 0.2) is 225 Å². The normalized spacial score (nSPS) is 15.5. The first-order chi connectivity index (χ1) is 40.4. The van der Waals surface area contributed by atoms with Gasteiger partial charge in [0.1, 0.15) is 16.9 Å². The van der Waals surface area contributed by atoms with Crippen LogP contribution in [0.1, 0.15) is 53.0 Å². The fraction of sp³-hybridized carbons (Fsp3) is 0.0923. The van der Waals surface area contributed by atoms with Crippen LogP contribution in [-0.4, -0.2) is 24.3 Å². The molecule has 0 aliphatic carbocycles. The second kappa shape index (κ2) is 18.9. The molecule has 0 saturated heterocycles. The van der Waals surface area contributed by atoms with E-state index in [4.69, 9.17) is 13.2 Å². The zero-order valence-electron chi connectivity index (χ0n) is 52.0. The van der Waals surface area contributed by atoms with E-state index in [1.54, 1.807) is 120 Å². The topological polar surface area (TPSA) is 59.9 Å². The zero-order valence-corrected chi connectivity index (χ0v) is 38.0. The van der Waals surface area contributed by atoms with Crippen LogP contribution in [0.25, 0.3) is 89.0 Å². The SMILES string of the molecule is [2H]C([2H])([2H])c1nc(C([2H])([2H])[2H])n2c3cc(-c4ccccc4-c4cc(C([2H])([2H])C([2H])([2H])c5ccc(-c6ccccn6)cc5)cc(C([2H])([2H])C([2H])([2H])c5ccc(-c6ccccn6)cc5)c4)ccc3c3ncc[n+](-c4ccc(-c5ccccc5)cc4)c3c12. The molecule has 340 valence electrons. The summed E-state index contributed by atoms with van der Waals surface area (Å²) in [6.45, 7) is -5.83. The van der Waals surface area contributed by atoms with Crippen molar-refractivity contribution in [3.05, 3.63) is 259 Å². The zero-order chi connectivity index (χ0) is 59.8. The molecule has 0 aliphatic rings. The second-order valence-electron chi connectivity index (χ2n) is 17.0. The fourth-order valence-electron chi connectivity index (χ4n) is 9.18. The lowest BCUT2D eigenvalue weighted by atomic mass is 9.90. The highest BCUT2D eigenvalue weighted by atomic mass is 15.1. The van der Waals surface area contributed by atoms with Gasteiger partial charge in [0.25, 0.3) is 5.52 Å². The molecule has 6 heteroatoms. The summed E-state index contributed by atoms with van der Waals surface area (Å²) in [5, 5.41) is 0.454. The second-order valence-corrected chi connectivity index (χ2v) is 17.0. The van der Waals surface area contributed by atoms with Gasteiger partial charge in [-0.05, 0) is 143 Å². The van der Waals surface area contributed by atoms with Crippen LogP contribution in [-0.2, 0) is 25.5 Å². The van der Waals surface area contributed by atoms with Gasteiger partial charge in [-0.15, -0.1) is 0 Å². The molecule has 71 heavy (non-hydrogen) atoms. The molecular weight excluding hydrogens is 865 g/mol. The number of hydrogen-bond acceptors (Lipinski definition) is 4. The van der Waals surface area contributed by atoms with Crippen LogP contribution in [0, 0.1) is 13.7 Å². The summed E-state index contributed by atoms with van der Waals surface area (Å²) >= 11 is 0. The molecule has 5 aromatic heterocycles. The van der Waals surface area contributed by atoms with E-state index >= 15 is 0 Å². The highest BCUT2D eigenvalue weighted by molar-refractivity contribution is 6.09. The number of nitrogens with zero attached hydrogens (tertiary/aromatic N) is 6. The number of fused-ring (bicyclic) bond motifs is 6. The maximum absolute atomic E-state index is 9.75. The predicted molar refractivity (Wildman–Crippen MR) is 289 cm³/mol. The van der Waals surface area contributed by atoms with Crippen LogP contribution in [0.2, 0.25) is 0 Å². The van der Waals surface area contributed by atoms with Gasteiger partial charge in [0.05, 0.1) is 28.8 Å². The van der Waals surface area contributed by atoms with Crippen molar-refractivity contribution in [3.63, 3.8) is 0 Å². The maximum atomic E-state index is 9.75. The standard InChI is InChI=1S/C65H51N6/c1-44-64-65-63(68-38-39-70(65)56-33-30-51(31-34-56)50-12-4-3-5-13-50)59-35-32-54(43-62(59)71(64)45(2)69-44)57-14-6-7-15-58(57)55-41-48(20-18-46-22-26-52(27-23-46)60-16-8-10-36-66-60)40-49(42-55)21-19-47-24-28-53(29-25-47)61-17-9-11-37-67-61/h3-17,22-43H,18-21H2,1-2H3/q+1/i1D3,2D3,18D2,19D2,20D2,21D2. The molecule has 0 amide bonds. The molecular formula is C65H51N6+. The Bertz CT molecular complexity index is 4350. The quantitative estimate of drug-likeness (QED) is 0.0905. The molecule has 0 saturated carbocycles. The first kappa shape index (κ1) is 30.6. The summed E-state index contributed by atoms with van der Waals surface area (Å²) in [7, 11) is 0. The molecule has 7 aromatic carbocycles. The number of hydrogen-bond donors (Lipinski definition) is 0. The van der Waals surface area contributed by atoms with Gasteiger partial charge < -0.3 is 0 Å². The van der Waals surface area contributed by atoms with E-state index in [-0.39, 0.29) is 38.9 Å². The molecule has 0 radical (unpaired) electrons.